The van der Waals surface area contributed by atoms with Crippen molar-refractivity contribution in [2.75, 3.05) is 19.8 Å². The van der Waals surface area contributed by atoms with Crippen molar-refractivity contribution >= 4 is 5.91 Å². The van der Waals surface area contributed by atoms with Gasteiger partial charge in [0.25, 0.3) is 0 Å². The summed E-state index contributed by atoms with van der Waals surface area (Å²) in [5.74, 6) is -0.329. The second-order valence-corrected chi connectivity index (χ2v) is 4.47. The Morgan fingerprint density at radius 3 is 2.62 bits per heavy atom. The number of rotatable bonds is 5. The first-order valence-electron chi connectivity index (χ1n) is 6.03. The van der Waals surface area contributed by atoms with E-state index in [4.69, 9.17) is 15.2 Å². The van der Waals surface area contributed by atoms with Gasteiger partial charge in [0.05, 0.1) is 12.2 Å². The third-order valence-electron chi connectivity index (χ3n) is 3.23. The molecule has 0 spiro atoms. The van der Waals surface area contributed by atoms with Gasteiger partial charge in [-0.3, -0.25) is 4.79 Å². The smallest absolute Gasteiger partial charge is 0.237 e. The molecule has 3 N–H and O–H groups in total. The van der Waals surface area contributed by atoms with Crippen molar-refractivity contribution in [1.29, 1.82) is 0 Å². The lowest BCUT2D eigenvalue weighted by atomic mass is 10.1. The molecule has 1 amide bonds. The Balaban J connectivity index is 1.79. The molecule has 0 saturated carbocycles. The SMILES string of the molecule is NC(=O)C(NCC1CCCO1)C1CCCO1. The Hall–Kier alpha value is -0.650. The highest BCUT2D eigenvalue weighted by Gasteiger charge is 2.30. The van der Waals surface area contributed by atoms with E-state index in [2.05, 4.69) is 5.32 Å². The number of ether oxygens (including phenoxy) is 2. The van der Waals surface area contributed by atoms with Crippen molar-refractivity contribution in [1.82, 2.24) is 5.32 Å². The summed E-state index contributed by atoms with van der Waals surface area (Å²) in [5.41, 5.74) is 5.38. The zero-order valence-electron chi connectivity index (χ0n) is 9.48. The zero-order valence-corrected chi connectivity index (χ0v) is 9.48. The maximum Gasteiger partial charge on any atom is 0.237 e. The van der Waals surface area contributed by atoms with E-state index in [1.807, 2.05) is 0 Å². The van der Waals surface area contributed by atoms with Gasteiger partial charge in [-0.1, -0.05) is 0 Å². The minimum atomic E-state index is -0.369. The summed E-state index contributed by atoms with van der Waals surface area (Å²) in [6, 6.07) is -0.369. The van der Waals surface area contributed by atoms with E-state index < -0.39 is 0 Å². The van der Waals surface area contributed by atoms with Crippen LogP contribution in [-0.4, -0.2) is 43.9 Å². The molecule has 2 rings (SSSR count). The van der Waals surface area contributed by atoms with Gasteiger partial charge < -0.3 is 20.5 Å². The highest BCUT2D eigenvalue weighted by Crippen LogP contribution is 2.16. The van der Waals surface area contributed by atoms with Crippen molar-refractivity contribution in [3.63, 3.8) is 0 Å². The summed E-state index contributed by atoms with van der Waals surface area (Å²) in [5, 5.41) is 3.18. The topological polar surface area (TPSA) is 73.6 Å². The number of primary amides is 1. The molecule has 3 unspecified atom stereocenters. The Bertz CT molecular complexity index is 235. The van der Waals surface area contributed by atoms with E-state index in [0.29, 0.717) is 6.54 Å². The van der Waals surface area contributed by atoms with E-state index in [1.165, 1.54) is 0 Å². The van der Waals surface area contributed by atoms with Gasteiger partial charge in [-0.05, 0) is 25.7 Å². The van der Waals surface area contributed by atoms with Crippen molar-refractivity contribution < 1.29 is 14.3 Å². The molecule has 5 nitrogen and oxygen atoms in total. The molecule has 0 aromatic heterocycles. The molecule has 0 bridgehead atoms. The van der Waals surface area contributed by atoms with Crippen LogP contribution in [-0.2, 0) is 14.3 Å². The molecule has 3 atom stereocenters. The van der Waals surface area contributed by atoms with Gasteiger partial charge in [-0.15, -0.1) is 0 Å². The Morgan fingerprint density at radius 2 is 2.06 bits per heavy atom. The van der Waals surface area contributed by atoms with Gasteiger partial charge in [-0.2, -0.15) is 0 Å². The van der Waals surface area contributed by atoms with E-state index >= 15 is 0 Å². The molecule has 16 heavy (non-hydrogen) atoms. The Morgan fingerprint density at radius 1 is 1.31 bits per heavy atom. The van der Waals surface area contributed by atoms with Crippen LogP contribution in [0.1, 0.15) is 25.7 Å². The summed E-state index contributed by atoms with van der Waals surface area (Å²) < 4.78 is 11.0. The zero-order chi connectivity index (χ0) is 11.4. The van der Waals surface area contributed by atoms with Crippen LogP contribution in [0.2, 0.25) is 0 Å². The molecule has 2 aliphatic rings. The van der Waals surface area contributed by atoms with E-state index in [9.17, 15) is 4.79 Å². The summed E-state index contributed by atoms with van der Waals surface area (Å²) in [4.78, 5) is 11.3. The molecular formula is C11H20N2O3. The van der Waals surface area contributed by atoms with Crippen LogP contribution >= 0.6 is 0 Å². The minimum absolute atomic E-state index is 0.0566. The molecule has 0 aromatic carbocycles. The van der Waals surface area contributed by atoms with Crippen LogP contribution in [0.15, 0.2) is 0 Å². The normalized spacial score (nSPS) is 31.8. The summed E-state index contributed by atoms with van der Waals surface area (Å²) >= 11 is 0. The number of carbonyl (C=O) groups excluding carboxylic acids is 1. The van der Waals surface area contributed by atoms with Gasteiger partial charge in [0.1, 0.15) is 6.04 Å². The van der Waals surface area contributed by atoms with Crippen molar-refractivity contribution in [3.8, 4) is 0 Å². The molecular weight excluding hydrogens is 208 g/mol. The highest BCUT2D eigenvalue weighted by atomic mass is 16.5. The fraction of sp³-hybridized carbons (Fsp3) is 0.909. The highest BCUT2D eigenvalue weighted by molar-refractivity contribution is 5.80. The van der Waals surface area contributed by atoms with Gasteiger partial charge >= 0.3 is 0 Å². The molecule has 92 valence electrons. The lowest BCUT2D eigenvalue weighted by Crippen LogP contribution is -2.51. The molecule has 0 radical (unpaired) electrons. The predicted molar refractivity (Wildman–Crippen MR) is 58.9 cm³/mol. The second-order valence-electron chi connectivity index (χ2n) is 4.47. The first-order valence-corrected chi connectivity index (χ1v) is 6.03. The Kier molecular flexibility index (Phi) is 4.15. The maximum atomic E-state index is 11.3. The summed E-state index contributed by atoms with van der Waals surface area (Å²) in [6.45, 7) is 2.25. The minimum Gasteiger partial charge on any atom is -0.377 e. The van der Waals surface area contributed by atoms with Crippen LogP contribution in [0.4, 0.5) is 0 Å². The maximum absolute atomic E-state index is 11.3. The molecule has 2 heterocycles. The van der Waals surface area contributed by atoms with Gasteiger partial charge in [0, 0.05) is 19.8 Å². The van der Waals surface area contributed by atoms with Crippen LogP contribution in [0.5, 0.6) is 0 Å². The van der Waals surface area contributed by atoms with E-state index in [0.717, 1.165) is 38.9 Å². The molecule has 2 fully saturated rings. The molecule has 0 aliphatic carbocycles. The molecule has 0 aromatic rings. The quantitative estimate of drug-likeness (QED) is 0.683. The van der Waals surface area contributed by atoms with E-state index in [1.54, 1.807) is 0 Å². The first kappa shape index (κ1) is 11.8. The average molecular weight is 228 g/mol. The number of amides is 1. The van der Waals surface area contributed by atoms with Crippen LogP contribution in [0.25, 0.3) is 0 Å². The summed E-state index contributed by atoms with van der Waals surface area (Å²) in [7, 11) is 0. The van der Waals surface area contributed by atoms with Crippen LogP contribution < -0.4 is 11.1 Å². The Labute approximate surface area is 95.7 Å². The fourth-order valence-corrected chi connectivity index (χ4v) is 2.34. The number of carbonyl (C=O) groups is 1. The molecule has 2 saturated heterocycles. The fourth-order valence-electron chi connectivity index (χ4n) is 2.34. The van der Waals surface area contributed by atoms with Crippen molar-refractivity contribution in [2.45, 2.75) is 43.9 Å². The van der Waals surface area contributed by atoms with Crippen molar-refractivity contribution in [3.05, 3.63) is 0 Å². The summed E-state index contributed by atoms with van der Waals surface area (Å²) in [6.07, 6.45) is 4.25. The number of hydrogen-bond acceptors (Lipinski definition) is 4. The third-order valence-corrected chi connectivity index (χ3v) is 3.23. The lowest BCUT2D eigenvalue weighted by molar-refractivity contribution is -0.123. The third kappa shape index (κ3) is 2.93. The standard InChI is InChI=1S/C11H20N2O3/c12-11(14)10(9-4-2-6-16-9)13-7-8-3-1-5-15-8/h8-10,13H,1-7H2,(H2,12,14). The second kappa shape index (κ2) is 5.61. The molecule has 2 aliphatic heterocycles. The van der Waals surface area contributed by atoms with E-state index in [-0.39, 0.29) is 24.2 Å². The van der Waals surface area contributed by atoms with Gasteiger partial charge in [0.2, 0.25) is 5.91 Å². The first-order chi connectivity index (χ1) is 7.77. The van der Waals surface area contributed by atoms with Crippen LogP contribution in [0.3, 0.4) is 0 Å². The largest absolute Gasteiger partial charge is 0.377 e. The average Bonchev–Trinajstić information content (AvgIpc) is 2.88. The molecule has 5 heteroatoms. The lowest BCUT2D eigenvalue weighted by Gasteiger charge is -2.22. The number of hydrogen-bond donors (Lipinski definition) is 2. The van der Waals surface area contributed by atoms with Gasteiger partial charge in [-0.25, -0.2) is 0 Å². The monoisotopic (exact) mass is 228 g/mol. The van der Waals surface area contributed by atoms with Crippen LogP contribution in [0, 0.1) is 0 Å². The number of nitrogens with two attached hydrogens (primary N) is 1. The number of nitrogens with one attached hydrogen (secondary N) is 1. The van der Waals surface area contributed by atoms with Gasteiger partial charge in [0.15, 0.2) is 0 Å². The van der Waals surface area contributed by atoms with Crippen molar-refractivity contribution in [2.24, 2.45) is 5.73 Å². The predicted octanol–water partition coefficient (Wildman–Crippen LogP) is -0.212.